The molecule has 0 aliphatic heterocycles. The molecule has 0 aliphatic carbocycles. The second-order valence-corrected chi connectivity index (χ2v) is 3.34. The zero-order valence-corrected chi connectivity index (χ0v) is 8.00. The smallest absolute Gasteiger partial charge is 0.103 e. The summed E-state index contributed by atoms with van der Waals surface area (Å²) in [6, 6.07) is 9.74. The molecule has 0 aromatic heterocycles. The predicted octanol–water partition coefficient (Wildman–Crippen LogP) is 0.333. The van der Waals surface area contributed by atoms with Crippen LogP contribution < -0.4 is 0 Å². The molecule has 1 aromatic carbocycles. The van der Waals surface area contributed by atoms with E-state index in [0.29, 0.717) is 12.8 Å². The molecule has 3 nitrogen and oxygen atoms in total. The molecule has 0 fully saturated rings. The van der Waals surface area contributed by atoms with Crippen molar-refractivity contribution < 1.29 is 15.3 Å². The van der Waals surface area contributed by atoms with Gasteiger partial charge in [-0.2, -0.15) is 0 Å². The number of aryl methyl sites for hydroxylation is 1. The molecular weight excluding hydrogens is 180 g/mol. The maximum absolute atomic E-state index is 9.37. The lowest BCUT2D eigenvalue weighted by atomic mass is 10.0. The minimum atomic E-state index is -1.03. The van der Waals surface area contributed by atoms with Gasteiger partial charge in [0.05, 0.1) is 12.7 Å². The average Bonchev–Trinajstić information content (AvgIpc) is 2.26. The van der Waals surface area contributed by atoms with Gasteiger partial charge in [0.1, 0.15) is 6.10 Å². The Bertz CT molecular complexity index is 248. The van der Waals surface area contributed by atoms with Crippen LogP contribution in [0.25, 0.3) is 0 Å². The quantitative estimate of drug-likeness (QED) is 0.636. The van der Waals surface area contributed by atoms with Crippen molar-refractivity contribution in [1.82, 2.24) is 0 Å². The Morgan fingerprint density at radius 1 is 1.00 bits per heavy atom. The van der Waals surface area contributed by atoms with E-state index in [0.717, 1.165) is 5.56 Å². The van der Waals surface area contributed by atoms with Gasteiger partial charge in [-0.3, -0.25) is 0 Å². The van der Waals surface area contributed by atoms with Crippen molar-refractivity contribution in [1.29, 1.82) is 0 Å². The molecule has 2 atom stereocenters. The van der Waals surface area contributed by atoms with Gasteiger partial charge in [-0.25, -0.2) is 0 Å². The summed E-state index contributed by atoms with van der Waals surface area (Å²) in [5.74, 6) is 0. The van der Waals surface area contributed by atoms with Crippen LogP contribution in [0.2, 0.25) is 0 Å². The van der Waals surface area contributed by atoms with Crippen LogP contribution in [0.1, 0.15) is 12.0 Å². The summed E-state index contributed by atoms with van der Waals surface area (Å²) in [6.07, 6.45) is -0.705. The molecule has 1 rings (SSSR count). The molecule has 2 unspecified atom stereocenters. The second-order valence-electron chi connectivity index (χ2n) is 3.34. The summed E-state index contributed by atoms with van der Waals surface area (Å²) in [7, 11) is 0. The topological polar surface area (TPSA) is 60.7 Å². The molecule has 3 N–H and O–H groups in total. The van der Waals surface area contributed by atoms with Crippen molar-refractivity contribution in [2.75, 3.05) is 6.61 Å². The zero-order chi connectivity index (χ0) is 10.4. The van der Waals surface area contributed by atoms with E-state index in [2.05, 4.69) is 0 Å². The molecule has 0 spiro atoms. The normalized spacial score (nSPS) is 15.1. The highest BCUT2D eigenvalue weighted by Crippen LogP contribution is 2.07. The Hall–Kier alpha value is -0.900. The van der Waals surface area contributed by atoms with E-state index in [9.17, 15) is 5.11 Å². The van der Waals surface area contributed by atoms with Gasteiger partial charge in [-0.15, -0.1) is 0 Å². The standard InChI is InChI=1S/C11H16O3/c12-8-11(14)10(13)7-6-9-4-2-1-3-5-9/h1-5,10-14H,6-8H2. The first-order valence-electron chi connectivity index (χ1n) is 4.75. The third-order valence-electron chi connectivity index (χ3n) is 2.20. The van der Waals surface area contributed by atoms with Crippen LogP contribution in [-0.4, -0.2) is 34.1 Å². The molecular formula is C11H16O3. The van der Waals surface area contributed by atoms with Crippen molar-refractivity contribution in [3.8, 4) is 0 Å². The van der Waals surface area contributed by atoms with Crippen LogP contribution in [0.4, 0.5) is 0 Å². The Morgan fingerprint density at radius 3 is 2.21 bits per heavy atom. The maximum Gasteiger partial charge on any atom is 0.103 e. The number of aliphatic hydroxyl groups is 3. The van der Waals surface area contributed by atoms with Gasteiger partial charge in [-0.05, 0) is 18.4 Å². The van der Waals surface area contributed by atoms with E-state index in [1.54, 1.807) is 0 Å². The molecule has 0 radical (unpaired) electrons. The van der Waals surface area contributed by atoms with E-state index in [1.165, 1.54) is 0 Å². The van der Waals surface area contributed by atoms with Crippen LogP contribution in [0.5, 0.6) is 0 Å². The monoisotopic (exact) mass is 196 g/mol. The molecule has 14 heavy (non-hydrogen) atoms. The van der Waals surface area contributed by atoms with Crippen molar-refractivity contribution in [2.45, 2.75) is 25.0 Å². The van der Waals surface area contributed by atoms with E-state index in [-0.39, 0.29) is 0 Å². The van der Waals surface area contributed by atoms with Gasteiger partial charge in [0.25, 0.3) is 0 Å². The lowest BCUT2D eigenvalue weighted by Gasteiger charge is -2.14. The molecule has 3 heteroatoms. The van der Waals surface area contributed by atoms with Gasteiger partial charge >= 0.3 is 0 Å². The van der Waals surface area contributed by atoms with Crippen molar-refractivity contribution in [3.05, 3.63) is 35.9 Å². The fraction of sp³-hybridized carbons (Fsp3) is 0.455. The third-order valence-corrected chi connectivity index (χ3v) is 2.20. The first kappa shape index (κ1) is 11.2. The summed E-state index contributed by atoms with van der Waals surface area (Å²) in [5, 5.41) is 27.1. The number of hydrogen-bond donors (Lipinski definition) is 3. The van der Waals surface area contributed by atoms with E-state index in [4.69, 9.17) is 10.2 Å². The SMILES string of the molecule is OCC(O)C(O)CCc1ccccc1. The lowest BCUT2D eigenvalue weighted by Crippen LogP contribution is -2.29. The van der Waals surface area contributed by atoms with E-state index >= 15 is 0 Å². The molecule has 78 valence electrons. The Morgan fingerprint density at radius 2 is 1.64 bits per heavy atom. The number of aliphatic hydroxyl groups excluding tert-OH is 3. The first-order valence-corrected chi connectivity index (χ1v) is 4.75. The predicted molar refractivity (Wildman–Crippen MR) is 53.9 cm³/mol. The average molecular weight is 196 g/mol. The molecule has 0 heterocycles. The van der Waals surface area contributed by atoms with Gasteiger partial charge < -0.3 is 15.3 Å². The van der Waals surface area contributed by atoms with Gasteiger partial charge in [-0.1, -0.05) is 30.3 Å². The summed E-state index contributed by atoms with van der Waals surface area (Å²) in [6.45, 7) is -0.393. The minimum Gasteiger partial charge on any atom is -0.394 e. The highest BCUT2D eigenvalue weighted by molar-refractivity contribution is 5.14. The van der Waals surface area contributed by atoms with Gasteiger partial charge in [0, 0.05) is 0 Å². The third kappa shape index (κ3) is 3.46. The van der Waals surface area contributed by atoms with Gasteiger partial charge in [0.15, 0.2) is 0 Å². The molecule has 0 saturated heterocycles. The Labute approximate surface area is 83.6 Å². The molecule has 0 saturated carbocycles. The second kappa shape index (κ2) is 5.75. The van der Waals surface area contributed by atoms with Crippen molar-refractivity contribution in [2.24, 2.45) is 0 Å². The van der Waals surface area contributed by atoms with Crippen LogP contribution >= 0.6 is 0 Å². The van der Waals surface area contributed by atoms with Crippen molar-refractivity contribution in [3.63, 3.8) is 0 Å². The lowest BCUT2D eigenvalue weighted by molar-refractivity contribution is -0.0172. The fourth-order valence-electron chi connectivity index (χ4n) is 1.27. The Balaban J connectivity index is 2.34. The van der Waals surface area contributed by atoms with Crippen LogP contribution in [0, 0.1) is 0 Å². The molecule has 0 amide bonds. The summed E-state index contributed by atoms with van der Waals surface area (Å²) in [4.78, 5) is 0. The Kier molecular flexibility index (Phi) is 4.59. The van der Waals surface area contributed by atoms with E-state index in [1.807, 2.05) is 30.3 Å². The maximum atomic E-state index is 9.37. The van der Waals surface area contributed by atoms with Crippen LogP contribution in [0.15, 0.2) is 30.3 Å². The summed E-state index contributed by atoms with van der Waals surface area (Å²) in [5.41, 5.74) is 1.12. The summed E-state index contributed by atoms with van der Waals surface area (Å²) < 4.78 is 0. The van der Waals surface area contributed by atoms with Gasteiger partial charge in [0.2, 0.25) is 0 Å². The minimum absolute atomic E-state index is 0.393. The zero-order valence-electron chi connectivity index (χ0n) is 8.00. The highest BCUT2D eigenvalue weighted by Gasteiger charge is 2.14. The van der Waals surface area contributed by atoms with Crippen LogP contribution in [0.3, 0.4) is 0 Å². The first-order chi connectivity index (χ1) is 6.74. The highest BCUT2D eigenvalue weighted by atomic mass is 16.4. The number of rotatable bonds is 5. The number of benzene rings is 1. The number of hydrogen-bond acceptors (Lipinski definition) is 3. The molecule has 0 bridgehead atoms. The molecule has 1 aromatic rings. The van der Waals surface area contributed by atoms with E-state index < -0.39 is 18.8 Å². The molecule has 0 aliphatic rings. The van der Waals surface area contributed by atoms with Crippen LogP contribution in [-0.2, 0) is 6.42 Å². The largest absolute Gasteiger partial charge is 0.394 e. The summed E-state index contributed by atoms with van der Waals surface area (Å²) >= 11 is 0. The fourth-order valence-corrected chi connectivity index (χ4v) is 1.27. The van der Waals surface area contributed by atoms with Crippen molar-refractivity contribution >= 4 is 0 Å².